The summed E-state index contributed by atoms with van der Waals surface area (Å²) < 4.78 is 21.0. The van der Waals surface area contributed by atoms with Gasteiger partial charge in [0.2, 0.25) is 16.9 Å². The third-order valence-electron chi connectivity index (χ3n) is 4.33. The molecule has 3 rings (SSSR count). The van der Waals surface area contributed by atoms with Crippen molar-refractivity contribution in [1.29, 1.82) is 0 Å². The van der Waals surface area contributed by atoms with Crippen molar-refractivity contribution >= 4 is 11.0 Å². The molecule has 0 bridgehead atoms. The Hall–Kier alpha value is -3.67. The highest BCUT2D eigenvalue weighted by Crippen LogP contribution is 2.42. The summed E-state index contributed by atoms with van der Waals surface area (Å²) in [4.78, 5) is 12.4. The maximum absolute atomic E-state index is 12.4. The lowest BCUT2D eigenvalue weighted by atomic mass is 10.1. The minimum absolute atomic E-state index is 0.00463. The second-order valence-electron chi connectivity index (χ2n) is 6.59. The van der Waals surface area contributed by atoms with Crippen LogP contribution in [0.1, 0.15) is 0 Å². The van der Waals surface area contributed by atoms with Crippen LogP contribution in [0.3, 0.4) is 0 Å². The van der Waals surface area contributed by atoms with Gasteiger partial charge in [0.25, 0.3) is 0 Å². The zero-order chi connectivity index (χ0) is 23.3. The minimum Gasteiger partial charge on any atom is -0.508 e. The van der Waals surface area contributed by atoms with Crippen LogP contribution in [0.25, 0.3) is 22.3 Å². The van der Waals surface area contributed by atoms with Crippen LogP contribution in [0, 0.1) is 0 Å². The molecule has 0 saturated carbocycles. The number of phenolic OH excluding ortho intramolecular Hbond substituents is 4. The van der Waals surface area contributed by atoms with Crippen LogP contribution in [0.5, 0.6) is 34.5 Å². The molecule has 0 aliphatic carbocycles. The van der Waals surface area contributed by atoms with Crippen LogP contribution in [0.4, 0.5) is 0 Å². The highest BCUT2D eigenvalue weighted by molar-refractivity contribution is 5.88. The van der Waals surface area contributed by atoms with Crippen molar-refractivity contribution in [3.63, 3.8) is 0 Å². The normalized spacial score (nSPS) is 11.2. The van der Waals surface area contributed by atoms with Gasteiger partial charge >= 0.3 is 0 Å². The molecule has 0 unspecified atom stereocenters. The van der Waals surface area contributed by atoms with E-state index in [9.17, 15) is 30.3 Å². The lowest BCUT2D eigenvalue weighted by Crippen LogP contribution is -2.12. The predicted molar refractivity (Wildman–Crippen MR) is 110 cm³/mol. The monoisotopic (exact) mass is 450 g/mol. The van der Waals surface area contributed by atoms with Gasteiger partial charge in [0.1, 0.15) is 29.1 Å². The smallest absolute Gasteiger partial charge is 0.238 e. The molecule has 11 heteroatoms. The van der Waals surface area contributed by atoms with Crippen LogP contribution in [0.2, 0.25) is 0 Å². The van der Waals surface area contributed by atoms with E-state index in [2.05, 4.69) is 0 Å². The van der Waals surface area contributed by atoms with Crippen molar-refractivity contribution in [2.75, 3.05) is 39.6 Å². The van der Waals surface area contributed by atoms with Gasteiger partial charge in [0, 0.05) is 17.7 Å². The van der Waals surface area contributed by atoms with E-state index in [4.69, 9.17) is 23.7 Å². The van der Waals surface area contributed by atoms with Gasteiger partial charge in [-0.2, -0.15) is 0 Å². The van der Waals surface area contributed by atoms with Crippen molar-refractivity contribution in [2.24, 2.45) is 0 Å². The Labute approximate surface area is 180 Å². The molecule has 0 spiro atoms. The topological polar surface area (TPSA) is 179 Å². The number of rotatable bonds is 10. The molecule has 0 fully saturated rings. The predicted octanol–water partition coefficient (Wildman–Crippen LogP) is 1.39. The summed E-state index contributed by atoms with van der Waals surface area (Å²) in [5.74, 6) is -3.43. The van der Waals surface area contributed by atoms with Crippen molar-refractivity contribution in [1.82, 2.24) is 0 Å². The average molecular weight is 450 g/mol. The quantitative estimate of drug-likeness (QED) is 0.246. The number of fused-ring (bicyclic) bond motifs is 1. The second-order valence-corrected chi connectivity index (χ2v) is 6.59. The molecule has 0 saturated heterocycles. The van der Waals surface area contributed by atoms with Crippen molar-refractivity contribution < 1.29 is 49.3 Å². The second kappa shape index (κ2) is 10.1. The van der Waals surface area contributed by atoms with Gasteiger partial charge in [-0.25, -0.2) is 0 Å². The Kier molecular flexibility index (Phi) is 7.25. The molecule has 0 radical (unpaired) electrons. The molecular formula is C21H22O11. The molecule has 1 aromatic heterocycles. The SMILES string of the molecule is O=c1c(O)c(-c2cc(O)c(OCCOCCOCCO)c(O)c2)oc2cc(O)cc(O)c12. The zero-order valence-electron chi connectivity index (χ0n) is 16.8. The largest absolute Gasteiger partial charge is 0.508 e. The fraction of sp³-hybridized carbons (Fsp3) is 0.286. The zero-order valence-corrected chi connectivity index (χ0v) is 16.8. The third kappa shape index (κ3) is 4.97. The maximum atomic E-state index is 12.4. The maximum Gasteiger partial charge on any atom is 0.238 e. The van der Waals surface area contributed by atoms with E-state index < -0.39 is 34.2 Å². The van der Waals surface area contributed by atoms with Crippen molar-refractivity contribution in [3.8, 4) is 45.8 Å². The van der Waals surface area contributed by atoms with Gasteiger partial charge < -0.3 is 49.3 Å². The summed E-state index contributed by atoms with van der Waals surface area (Å²) in [6.45, 7) is 0.825. The third-order valence-corrected chi connectivity index (χ3v) is 4.33. The van der Waals surface area contributed by atoms with Gasteiger partial charge in [-0.05, 0) is 12.1 Å². The molecule has 0 amide bonds. The van der Waals surface area contributed by atoms with Gasteiger partial charge in [0.15, 0.2) is 17.3 Å². The van der Waals surface area contributed by atoms with Crippen LogP contribution >= 0.6 is 0 Å². The minimum atomic E-state index is -0.960. The van der Waals surface area contributed by atoms with Gasteiger partial charge in [-0.15, -0.1) is 0 Å². The summed E-state index contributed by atoms with van der Waals surface area (Å²) in [5.41, 5.74) is -1.22. The first-order valence-corrected chi connectivity index (χ1v) is 9.50. The Balaban J connectivity index is 1.78. The van der Waals surface area contributed by atoms with Crippen LogP contribution in [-0.2, 0) is 9.47 Å². The first-order valence-electron chi connectivity index (χ1n) is 9.50. The average Bonchev–Trinajstić information content (AvgIpc) is 2.73. The molecular weight excluding hydrogens is 428 g/mol. The summed E-state index contributed by atoms with van der Waals surface area (Å²) in [6.07, 6.45) is 0. The number of hydrogen-bond donors (Lipinski definition) is 6. The van der Waals surface area contributed by atoms with Crippen molar-refractivity contribution in [2.45, 2.75) is 0 Å². The van der Waals surface area contributed by atoms with Gasteiger partial charge in [0.05, 0.1) is 33.0 Å². The van der Waals surface area contributed by atoms with E-state index in [0.29, 0.717) is 6.61 Å². The number of aromatic hydroxyl groups is 5. The highest BCUT2D eigenvalue weighted by Gasteiger charge is 2.21. The molecule has 0 aliphatic heterocycles. The summed E-state index contributed by atoms with van der Waals surface area (Å²) >= 11 is 0. The lowest BCUT2D eigenvalue weighted by molar-refractivity contribution is 0.0243. The Morgan fingerprint density at radius 2 is 1.41 bits per heavy atom. The molecule has 6 N–H and O–H groups in total. The van der Waals surface area contributed by atoms with E-state index in [1.54, 1.807) is 0 Å². The standard InChI is InChI=1S/C21H22O11/c22-1-2-29-3-4-30-5-6-31-21-14(25)7-11(8-15(21)26)20-19(28)18(27)17-13(24)9-12(23)10-16(17)32-20/h7-10,22-26,28H,1-6H2. The molecule has 172 valence electrons. The van der Waals surface area contributed by atoms with Crippen LogP contribution in [0.15, 0.2) is 33.5 Å². The Morgan fingerprint density at radius 1 is 0.781 bits per heavy atom. The fourth-order valence-electron chi connectivity index (χ4n) is 2.94. The number of ether oxygens (including phenoxy) is 3. The van der Waals surface area contributed by atoms with Crippen molar-refractivity contribution in [3.05, 3.63) is 34.5 Å². The summed E-state index contributed by atoms with van der Waals surface area (Å²) in [5, 5.41) is 58.5. The Bertz CT molecular complexity index is 1130. The fourth-order valence-corrected chi connectivity index (χ4v) is 2.94. The first-order chi connectivity index (χ1) is 15.3. The highest BCUT2D eigenvalue weighted by atomic mass is 16.5. The van der Waals surface area contributed by atoms with Crippen LogP contribution < -0.4 is 10.2 Å². The van der Waals surface area contributed by atoms with E-state index in [0.717, 1.165) is 24.3 Å². The summed E-state index contributed by atoms with van der Waals surface area (Å²) in [6, 6.07) is 4.20. The van der Waals surface area contributed by atoms with E-state index >= 15 is 0 Å². The summed E-state index contributed by atoms with van der Waals surface area (Å²) in [7, 11) is 0. The van der Waals surface area contributed by atoms with E-state index in [-0.39, 0.29) is 61.1 Å². The first kappa shape index (κ1) is 23.0. The number of benzene rings is 2. The molecule has 3 aromatic rings. The molecule has 1 heterocycles. The molecule has 0 atom stereocenters. The number of aliphatic hydroxyl groups excluding tert-OH is 1. The molecule has 32 heavy (non-hydrogen) atoms. The number of aliphatic hydroxyl groups is 1. The number of hydrogen-bond acceptors (Lipinski definition) is 11. The Morgan fingerprint density at radius 3 is 2.06 bits per heavy atom. The van der Waals surface area contributed by atoms with E-state index in [1.807, 2.05) is 0 Å². The molecule has 0 aliphatic rings. The molecule has 2 aromatic carbocycles. The lowest BCUT2D eigenvalue weighted by Gasteiger charge is -2.13. The van der Waals surface area contributed by atoms with Gasteiger partial charge in [-0.3, -0.25) is 4.79 Å². The molecule has 11 nitrogen and oxygen atoms in total. The van der Waals surface area contributed by atoms with E-state index in [1.165, 1.54) is 0 Å². The van der Waals surface area contributed by atoms with Crippen LogP contribution in [-0.4, -0.2) is 70.3 Å². The van der Waals surface area contributed by atoms with Gasteiger partial charge in [-0.1, -0.05) is 0 Å². The number of phenols is 4.